The van der Waals surface area contributed by atoms with Crippen molar-refractivity contribution in [3.63, 3.8) is 0 Å². The topological polar surface area (TPSA) is 54.0 Å². The number of carbonyl (C=O) groups excluding carboxylic acids is 1. The lowest BCUT2D eigenvalue weighted by Gasteiger charge is -2.12. The van der Waals surface area contributed by atoms with Gasteiger partial charge in [-0.3, -0.25) is 4.79 Å². The van der Waals surface area contributed by atoms with Crippen LogP contribution in [0.1, 0.15) is 44.6 Å². The molecule has 1 unspecified atom stereocenters. The zero-order chi connectivity index (χ0) is 12.8. The van der Waals surface area contributed by atoms with Crippen molar-refractivity contribution in [2.24, 2.45) is 0 Å². The van der Waals surface area contributed by atoms with Crippen molar-refractivity contribution in [2.75, 3.05) is 5.32 Å². The number of amides is 1. The van der Waals surface area contributed by atoms with E-state index in [0.29, 0.717) is 11.7 Å². The molecule has 1 aromatic rings. The third-order valence-electron chi connectivity index (χ3n) is 2.44. The molecular weight excluding hydrogens is 214 g/mol. The fourth-order valence-corrected chi connectivity index (χ4v) is 1.35. The van der Waals surface area contributed by atoms with Gasteiger partial charge in [0.2, 0.25) is 0 Å². The largest absolute Gasteiger partial charge is 0.382 e. The van der Waals surface area contributed by atoms with E-state index in [9.17, 15) is 4.79 Å². The van der Waals surface area contributed by atoms with Gasteiger partial charge in [0.15, 0.2) is 0 Å². The van der Waals surface area contributed by atoms with E-state index in [1.165, 1.54) is 0 Å². The van der Waals surface area contributed by atoms with Gasteiger partial charge < -0.3 is 10.6 Å². The lowest BCUT2D eigenvalue weighted by Crippen LogP contribution is -2.32. The highest BCUT2D eigenvalue weighted by Gasteiger charge is 2.09. The van der Waals surface area contributed by atoms with E-state index in [1.807, 2.05) is 19.9 Å². The van der Waals surface area contributed by atoms with Gasteiger partial charge in [-0.15, -0.1) is 0 Å². The summed E-state index contributed by atoms with van der Waals surface area (Å²) < 4.78 is 0. The number of nitrogens with one attached hydrogen (secondary N) is 2. The number of pyridine rings is 1. The number of hydrogen-bond donors (Lipinski definition) is 2. The fourth-order valence-electron chi connectivity index (χ4n) is 1.35. The molecule has 94 valence electrons. The van der Waals surface area contributed by atoms with Crippen molar-refractivity contribution in [1.82, 2.24) is 10.3 Å². The molecule has 0 fully saturated rings. The lowest BCUT2D eigenvalue weighted by molar-refractivity contribution is 0.0934. The average molecular weight is 235 g/mol. The molecule has 0 aromatic carbocycles. The Kier molecular flexibility index (Phi) is 4.94. The van der Waals surface area contributed by atoms with E-state index in [-0.39, 0.29) is 11.9 Å². The minimum atomic E-state index is -0.115. The maximum atomic E-state index is 11.8. The van der Waals surface area contributed by atoms with Crippen LogP contribution in [0.4, 0.5) is 5.69 Å². The Labute approximate surface area is 103 Å². The Balaban J connectivity index is 2.64. The molecule has 1 amide bonds. The van der Waals surface area contributed by atoms with Gasteiger partial charge in [-0.1, -0.05) is 6.92 Å². The molecule has 0 aliphatic carbocycles. The summed E-state index contributed by atoms with van der Waals surface area (Å²) in [6, 6.07) is 4.15. The second-order valence-electron chi connectivity index (χ2n) is 4.51. The van der Waals surface area contributed by atoms with Gasteiger partial charge in [0.1, 0.15) is 5.69 Å². The molecule has 1 aromatic heterocycles. The Bertz CT molecular complexity index is 359. The van der Waals surface area contributed by atoms with Crippen LogP contribution in [0.2, 0.25) is 0 Å². The zero-order valence-electron chi connectivity index (χ0n) is 10.9. The monoisotopic (exact) mass is 235 g/mol. The molecule has 1 atom stereocenters. The maximum Gasteiger partial charge on any atom is 0.270 e. The van der Waals surface area contributed by atoms with E-state index in [4.69, 9.17) is 0 Å². The first-order chi connectivity index (χ1) is 8.02. The second kappa shape index (κ2) is 6.23. The Morgan fingerprint density at radius 1 is 1.35 bits per heavy atom. The highest BCUT2D eigenvalue weighted by molar-refractivity contribution is 5.92. The van der Waals surface area contributed by atoms with Gasteiger partial charge >= 0.3 is 0 Å². The second-order valence-corrected chi connectivity index (χ2v) is 4.51. The SMILES string of the molecule is CCC(C)NC(=O)c1ccc(NC(C)C)cn1. The molecule has 0 aliphatic heterocycles. The summed E-state index contributed by atoms with van der Waals surface area (Å²) >= 11 is 0. The van der Waals surface area contributed by atoms with Gasteiger partial charge in [-0.2, -0.15) is 0 Å². The highest BCUT2D eigenvalue weighted by atomic mass is 16.1. The third-order valence-corrected chi connectivity index (χ3v) is 2.44. The van der Waals surface area contributed by atoms with Crippen molar-refractivity contribution in [3.05, 3.63) is 24.0 Å². The van der Waals surface area contributed by atoms with Crippen molar-refractivity contribution in [1.29, 1.82) is 0 Å². The number of hydrogen-bond acceptors (Lipinski definition) is 3. The van der Waals surface area contributed by atoms with Crippen LogP contribution >= 0.6 is 0 Å². The molecular formula is C13H21N3O. The molecule has 17 heavy (non-hydrogen) atoms. The van der Waals surface area contributed by atoms with Crippen molar-refractivity contribution < 1.29 is 4.79 Å². The summed E-state index contributed by atoms with van der Waals surface area (Å²) in [4.78, 5) is 15.9. The van der Waals surface area contributed by atoms with Crippen molar-refractivity contribution in [2.45, 2.75) is 46.2 Å². The Morgan fingerprint density at radius 2 is 2.06 bits per heavy atom. The summed E-state index contributed by atoms with van der Waals surface area (Å²) in [6.07, 6.45) is 2.60. The molecule has 0 saturated heterocycles. The van der Waals surface area contributed by atoms with E-state index in [1.54, 1.807) is 12.3 Å². The van der Waals surface area contributed by atoms with Gasteiger partial charge in [0.05, 0.1) is 11.9 Å². The number of rotatable bonds is 5. The minimum Gasteiger partial charge on any atom is -0.382 e. The zero-order valence-corrected chi connectivity index (χ0v) is 10.9. The molecule has 0 spiro atoms. The molecule has 2 N–H and O–H groups in total. The maximum absolute atomic E-state index is 11.8. The van der Waals surface area contributed by atoms with Crippen molar-refractivity contribution in [3.8, 4) is 0 Å². The Hall–Kier alpha value is -1.58. The van der Waals surface area contributed by atoms with E-state index in [0.717, 1.165) is 12.1 Å². The van der Waals surface area contributed by atoms with Gasteiger partial charge in [-0.25, -0.2) is 4.98 Å². The molecule has 4 nitrogen and oxygen atoms in total. The summed E-state index contributed by atoms with van der Waals surface area (Å²) in [5.74, 6) is -0.115. The van der Waals surface area contributed by atoms with Crippen LogP contribution in [0, 0.1) is 0 Å². The molecule has 4 heteroatoms. The average Bonchev–Trinajstić information content (AvgIpc) is 2.28. The van der Waals surface area contributed by atoms with Crippen LogP contribution in [-0.4, -0.2) is 23.0 Å². The Morgan fingerprint density at radius 3 is 2.53 bits per heavy atom. The lowest BCUT2D eigenvalue weighted by atomic mass is 10.2. The first-order valence-corrected chi connectivity index (χ1v) is 6.06. The normalized spacial score (nSPS) is 12.3. The number of carbonyl (C=O) groups is 1. The summed E-state index contributed by atoms with van der Waals surface area (Å²) in [7, 11) is 0. The highest BCUT2D eigenvalue weighted by Crippen LogP contribution is 2.07. The van der Waals surface area contributed by atoms with Crippen LogP contribution in [-0.2, 0) is 0 Å². The van der Waals surface area contributed by atoms with Crippen molar-refractivity contribution >= 4 is 11.6 Å². The summed E-state index contributed by atoms with van der Waals surface area (Å²) in [5.41, 5.74) is 1.39. The van der Waals surface area contributed by atoms with Gasteiger partial charge in [0, 0.05) is 12.1 Å². The molecule has 0 bridgehead atoms. The van der Waals surface area contributed by atoms with Crippen LogP contribution in [0.5, 0.6) is 0 Å². The molecule has 0 saturated carbocycles. The predicted molar refractivity (Wildman–Crippen MR) is 70.2 cm³/mol. The predicted octanol–water partition coefficient (Wildman–Crippen LogP) is 2.43. The quantitative estimate of drug-likeness (QED) is 0.824. The van der Waals surface area contributed by atoms with Gasteiger partial charge in [-0.05, 0) is 39.3 Å². The van der Waals surface area contributed by atoms with E-state index < -0.39 is 0 Å². The summed E-state index contributed by atoms with van der Waals surface area (Å²) in [5, 5.41) is 6.11. The molecule has 1 rings (SSSR count). The van der Waals surface area contributed by atoms with Crippen LogP contribution < -0.4 is 10.6 Å². The smallest absolute Gasteiger partial charge is 0.270 e. The molecule has 0 aliphatic rings. The van der Waals surface area contributed by atoms with Crippen LogP contribution in [0.25, 0.3) is 0 Å². The number of anilines is 1. The first-order valence-electron chi connectivity index (χ1n) is 6.06. The van der Waals surface area contributed by atoms with E-state index >= 15 is 0 Å². The minimum absolute atomic E-state index is 0.115. The number of nitrogens with zero attached hydrogens (tertiary/aromatic N) is 1. The first kappa shape index (κ1) is 13.5. The standard InChI is InChI=1S/C13H21N3O/c1-5-10(4)16-13(17)12-7-6-11(8-14-12)15-9(2)3/h6-10,15H,5H2,1-4H3,(H,16,17). The number of aromatic nitrogens is 1. The van der Waals surface area contributed by atoms with E-state index in [2.05, 4.69) is 29.5 Å². The third kappa shape index (κ3) is 4.43. The van der Waals surface area contributed by atoms with Gasteiger partial charge in [0.25, 0.3) is 5.91 Å². The van der Waals surface area contributed by atoms with Crippen LogP contribution in [0.15, 0.2) is 18.3 Å². The molecule has 0 radical (unpaired) electrons. The van der Waals surface area contributed by atoms with Crippen LogP contribution in [0.3, 0.4) is 0 Å². The molecule has 1 heterocycles. The summed E-state index contributed by atoms with van der Waals surface area (Å²) in [6.45, 7) is 8.13. The fraction of sp³-hybridized carbons (Fsp3) is 0.538.